The lowest BCUT2D eigenvalue weighted by Gasteiger charge is -2.16. The molecule has 1 aliphatic rings. The summed E-state index contributed by atoms with van der Waals surface area (Å²) in [6.45, 7) is 0. The van der Waals surface area contributed by atoms with Crippen molar-refractivity contribution in [1.29, 1.82) is 0 Å². The minimum absolute atomic E-state index is 0.233. The molecule has 0 saturated heterocycles. The molecule has 104 valence electrons. The summed E-state index contributed by atoms with van der Waals surface area (Å²) in [5.74, 6) is 0. The zero-order valence-electron chi connectivity index (χ0n) is 11.3. The predicted molar refractivity (Wildman–Crippen MR) is 90.2 cm³/mol. The topological polar surface area (TPSA) is 26.0 Å². The van der Waals surface area contributed by atoms with E-state index in [0.29, 0.717) is 5.25 Å². The van der Waals surface area contributed by atoms with E-state index in [1.54, 1.807) is 0 Å². The SMILES string of the molecule is NC(Cc1cccc(Br)c1)CC1Cc2ccccc2S1. The first-order chi connectivity index (χ1) is 9.70. The second-order valence-corrected chi connectivity index (χ2v) is 7.64. The van der Waals surface area contributed by atoms with Crippen molar-refractivity contribution in [2.45, 2.75) is 35.4 Å². The van der Waals surface area contributed by atoms with Crippen molar-refractivity contribution in [3.63, 3.8) is 0 Å². The highest BCUT2D eigenvalue weighted by Gasteiger charge is 2.23. The van der Waals surface area contributed by atoms with Crippen LogP contribution in [0.1, 0.15) is 17.5 Å². The first-order valence-electron chi connectivity index (χ1n) is 6.95. The zero-order valence-corrected chi connectivity index (χ0v) is 13.7. The number of hydrogen-bond donors (Lipinski definition) is 1. The van der Waals surface area contributed by atoms with Gasteiger partial charge < -0.3 is 5.73 Å². The van der Waals surface area contributed by atoms with Crippen LogP contribution in [0.5, 0.6) is 0 Å². The highest BCUT2D eigenvalue weighted by Crippen LogP contribution is 2.38. The molecule has 0 aromatic heterocycles. The van der Waals surface area contributed by atoms with E-state index in [4.69, 9.17) is 5.73 Å². The second-order valence-electron chi connectivity index (χ2n) is 5.38. The van der Waals surface area contributed by atoms with Crippen LogP contribution in [-0.4, -0.2) is 11.3 Å². The second kappa shape index (κ2) is 6.33. The van der Waals surface area contributed by atoms with Gasteiger partial charge in [0.15, 0.2) is 0 Å². The van der Waals surface area contributed by atoms with E-state index in [-0.39, 0.29) is 6.04 Å². The molecule has 1 aliphatic heterocycles. The van der Waals surface area contributed by atoms with Crippen LogP contribution in [0.15, 0.2) is 57.9 Å². The van der Waals surface area contributed by atoms with Gasteiger partial charge in [0.05, 0.1) is 0 Å². The molecule has 0 bridgehead atoms. The molecule has 2 aromatic carbocycles. The molecule has 2 atom stereocenters. The van der Waals surface area contributed by atoms with Gasteiger partial charge in [0.25, 0.3) is 0 Å². The van der Waals surface area contributed by atoms with Gasteiger partial charge in [-0.1, -0.05) is 46.3 Å². The highest BCUT2D eigenvalue weighted by molar-refractivity contribution is 9.10. The average molecular weight is 348 g/mol. The van der Waals surface area contributed by atoms with Crippen molar-refractivity contribution < 1.29 is 0 Å². The molecule has 3 heteroatoms. The summed E-state index contributed by atoms with van der Waals surface area (Å²) < 4.78 is 1.13. The van der Waals surface area contributed by atoms with E-state index < -0.39 is 0 Å². The van der Waals surface area contributed by atoms with Gasteiger partial charge in [0.2, 0.25) is 0 Å². The molecule has 1 nitrogen and oxygen atoms in total. The minimum Gasteiger partial charge on any atom is -0.327 e. The van der Waals surface area contributed by atoms with Gasteiger partial charge in [-0.2, -0.15) is 0 Å². The van der Waals surface area contributed by atoms with Gasteiger partial charge >= 0.3 is 0 Å². The minimum atomic E-state index is 0.233. The molecule has 1 heterocycles. The number of fused-ring (bicyclic) bond motifs is 1. The number of benzene rings is 2. The Morgan fingerprint density at radius 3 is 2.85 bits per heavy atom. The molecule has 0 amide bonds. The van der Waals surface area contributed by atoms with Crippen molar-refractivity contribution in [1.82, 2.24) is 0 Å². The maximum atomic E-state index is 6.34. The fourth-order valence-corrected chi connectivity index (χ4v) is 4.65. The molecule has 0 aliphatic carbocycles. The van der Waals surface area contributed by atoms with Crippen LogP contribution in [0.4, 0.5) is 0 Å². The summed E-state index contributed by atoms with van der Waals surface area (Å²) in [4.78, 5) is 1.44. The summed E-state index contributed by atoms with van der Waals surface area (Å²) in [5, 5.41) is 0.634. The fraction of sp³-hybridized carbons (Fsp3) is 0.294. The van der Waals surface area contributed by atoms with Crippen molar-refractivity contribution >= 4 is 27.7 Å². The molecule has 2 unspecified atom stereocenters. The molecule has 2 N–H and O–H groups in total. The van der Waals surface area contributed by atoms with Gasteiger partial charge in [-0.25, -0.2) is 0 Å². The number of halogens is 1. The molecular formula is C17H18BrNS. The quantitative estimate of drug-likeness (QED) is 0.885. The lowest BCUT2D eigenvalue weighted by molar-refractivity contribution is 0.594. The first-order valence-corrected chi connectivity index (χ1v) is 8.62. The summed E-state index contributed by atoms with van der Waals surface area (Å²) in [6, 6.07) is 17.4. The monoisotopic (exact) mass is 347 g/mol. The lowest BCUT2D eigenvalue weighted by Crippen LogP contribution is -2.27. The third kappa shape index (κ3) is 3.46. The number of hydrogen-bond acceptors (Lipinski definition) is 2. The normalized spacial score (nSPS) is 18.8. The maximum absolute atomic E-state index is 6.34. The molecule has 0 fully saturated rings. The van der Waals surface area contributed by atoms with Crippen molar-refractivity contribution in [2.75, 3.05) is 0 Å². The molecule has 3 rings (SSSR count). The molecule has 20 heavy (non-hydrogen) atoms. The van der Waals surface area contributed by atoms with Gasteiger partial charge in [0.1, 0.15) is 0 Å². The van der Waals surface area contributed by atoms with Gasteiger partial charge in [-0.3, -0.25) is 0 Å². The average Bonchev–Trinajstić information content (AvgIpc) is 2.80. The van der Waals surface area contributed by atoms with E-state index in [9.17, 15) is 0 Å². The fourth-order valence-electron chi connectivity index (χ4n) is 2.77. The Bertz CT molecular complexity index is 574. The van der Waals surface area contributed by atoms with Gasteiger partial charge in [-0.05, 0) is 48.6 Å². The van der Waals surface area contributed by atoms with E-state index >= 15 is 0 Å². The van der Waals surface area contributed by atoms with Crippen LogP contribution in [0, 0.1) is 0 Å². The number of thioether (sulfide) groups is 1. The van der Waals surface area contributed by atoms with Gasteiger partial charge in [-0.15, -0.1) is 11.8 Å². The van der Waals surface area contributed by atoms with Crippen LogP contribution in [0.25, 0.3) is 0 Å². The lowest BCUT2D eigenvalue weighted by atomic mass is 10.00. The highest BCUT2D eigenvalue weighted by atomic mass is 79.9. The summed E-state index contributed by atoms with van der Waals surface area (Å²) in [5.41, 5.74) is 9.14. The van der Waals surface area contributed by atoms with Crippen LogP contribution >= 0.6 is 27.7 Å². The summed E-state index contributed by atoms with van der Waals surface area (Å²) >= 11 is 5.50. The third-order valence-corrected chi connectivity index (χ3v) is 5.50. The number of rotatable bonds is 4. The van der Waals surface area contributed by atoms with Crippen LogP contribution in [0.3, 0.4) is 0 Å². The van der Waals surface area contributed by atoms with Crippen molar-refractivity contribution in [3.05, 3.63) is 64.1 Å². The Kier molecular flexibility index (Phi) is 4.49. The Balaban J connectivity index is 1.57. The molecule has 0 radical (unpaired) electrons. The van der Waals surface area contributed by atoms with Crippen LogP contribution in [-0.2, 0) is 12.8 Å². The molecule has 2 aromatic rings. The zero-order chi connectivity index (χ0) is 13.9. The maximum Gasteiger partial charge on any atom is 0.0178 e. The van der Waals surface area contributed by atoms with E-state index in [2.05, 4.69) is 64.5 Å². The molecular weight excluding hydrogens is 330 g/mol. The predicted octanol–water partition coefficient (Wildman–Crippen LogP) is 4.43. The van der Waals surface area contributed by atoms with Gasteiger partial charge in [0, 0.05) is 20.7 Å². The molecule has 0 saturated carbocycles. The van der Waals surface area contributed by atoms with Crippen LogP contribution in [0.2, 0.25) is 0 Å². The number of nitrogens with two attached hydrogens (primary N) is 1. The standard InChI is InChI=1S/C17H18BrNS/c18-14-6-3-4-12(8-14)9-15(19)11-16-10-13-5-1-2-7-17(13)20-16/h1-8,15-16H,9-11,19H2. The van der Waals surface area contributed by atoms with E-state index in [1.807, 2.05) is 11.8 Å². The van der Waals surface area contributed by atoms with Crippen molar-refractivity contribution in [3.8, 4) is 0 Å². The Morgan fingerprint density at radius 1 is 1.20 bits per heavy atom. The molecule has 0 spiro atoms. The van der Waals surface area contributed by atoms with Crippen molar-refractivity contribution in [2.24, 2.45) is 5.73 Å². The Morgan fingerprint density at radius 2 is 2.05 bits per heavy atom. The van der Waals surface area contributed by atoms with E-state index in [1.165, 1.54) is 16.0 Å². The summed E-state index contributed by atoms with van der Waals surface area (Å²) in [7, 11) is 0. The smallest absolute Gasteiger partial charge is 0.0178 e. The Hall–Kier alpha value is -0.770. The Labute approximate surface area is 133 Å². The summed E-state index contributed by atoms with van der Waals surface area (Å²) in [6.07, 6.45) is 3.19. The van der Waals surface area contributed by atoms with Crippen LogP contribution < -0.4 is 5.73 Å². The van der Waals surface area contributed by atoms with E-state index in [0.717, 1.165) is 23.7 Å². The third-order valence-electron chi connectivity index (χ3n) is 3.67. The first kappa shape index (κ1) is 14.2. The largest absolute Gasteiger partial charge is 0.327 e.